The summed E-state index contributed by atoms with van der Waals surface area (Å²) in [5, 5.41) is 0.870. The third-order valence-electron chi connectivity index (χ3n) is 4.97. The van der Waals surface area contributed by atoms with Crippen LogP contribution < -0.4 is 0 Å². The van der Waals surface area contributed by atoms with Gasteiger partial charge < -0.3 is 9.88 Å². The van der Waals surface area contributed by atoms with Gasteiger partial charge in [-0.1, -0.05) is 36.4 Å². The first-order valence-corrected chi connectivity index (χ1v) is 10.4. The van der Waals surface area contributed by atoms with Gasteiger partial charge in [-0.15, -0.1) is 0 Å². The van der Waals surface area contributed by atoms with Gasteiger partial charge >= 0.3 is 0 Å². The van der Waals surface area contributed by atoms with E-state index >= 15 is 0 Å². The normalized spacial score (nSPS) is 17.7. The number of hydrogen-bond donors (Lipinski definition) is 1. The fraction of sp³-hybridized carbons (Fsp3) is 0.250. The number of likely N-dealkylation sites (tertiary alicyclic amines) is 1. The van der Waals surface area contributed by atoms with Crippen molar-refractivity contribution >= 4 is 26.6 Å². The number of fused-ring (bicyclic) bond motifs is 1. The van der Waals surface area contributed by atoms with Crippen LogP contribution in [-0.2, 0) is 9.84 Å². The summed E-state index contributed by atoms with van der Waals surface area (Å²) in [7, 11) is -3.42. The van der Waals surface area contributed by atoms with Crippen molar-refractivity contribution in [3.63, 3.8) is 0 Å². The first-order valence-electron chi connectivity index (χ1n) is 8.71. The van der Waals surface area contributed by atoms with E-state index in [4.69, 9.17) is 0 Å². The molecule has 1 aliphatic rings. The van der Waals surface area contributed by atoms with E-state index in [-0.39, 0.29) is 17.7 Å². The molecule has 1 aromatic heterocycles. The lowest BCUT2D eigenvalue weighted by atomic mass is 10.1. The highest BCUT2D eigenvalue weighted by atomic mass is 32.2. The van der Waals surface area contributed by atoms with Gasteiger partial charge in [-0.05, 0) is 31.0 Å². The second-order valence-corrected chi connectivity index (χ2v) is 8.67. The highest BCUT2D eigenvalue weighted by molar-refractivity contribution is 7.91. The van der Waals surface area contributed by atoms with Crippen molar-refractivity contribution in [1.29, 1.82) is 0 Å². The molecule has 0 bridgehead atoms. The van der Waals surface area contributed by atoms with Crippen molar-refractivity contribution in [3.8, 4) is 0 Å². The van der Waals surface area contributed by atoms with E-state index in [9.17, 15) is 13.2 Å². The molecule has 134 valence electrons. The van der Waals surface area contributed by atoms with Gasteiger partial charge in [0.2, 0.25) is 0 Å². The van der Waals surface area contributed by atoms with Crippen LogP contribution in [0.25, 0.3) is 10.9 Å². The predicted octanol–water partition coefficient (Wildman–Crippen LogP) is 3.25. The number of amides is 1. The summed E-state index contributed by atoms with van der Waals surface area (Å²) in [6.07, 6.45) is 3.25. The lowest BCUT2D eigenvalue weighted by Gasteiger charge is -2.24. The standard InChI is InChI=1S/C20H20N2O3S/c23-20(18-13-21-19-11-5-4-10-17(18)19)22-12-6-7-15(22)14-26(24,25)16-8-2-1-3-9-16/h1-5,8-11,13,15,21H,6-7,12,14H2. The van der Waals surface area contributed by atoms with E-state index in [1.807, 2.05) is 24.3 Å². The maximum absolute atomic E-state index is 13.1. The van der Waals surface area contributed by atoms with E-state index in [1.165, 1.54) is 0 Å². The molecule has 1 atom stereocenters. The maximum atomic E-state index is 13.1. The van der Waals surface area contributed by atoms with Gasteiger partial charge in [-0.2, -0.15) is 0 Å². The third-order valence-corrected chi connectivity index (χ3v) is 6.79. The molecule has 0 saturated carbocycles. The average molecular weight is 368 g/mol. The summed E-state index contributed by atoms with van der Waals surface area (Å²) in [5.74, 6) is -0.140. The Morgan fingerprint density at radius 2 is 1.81 bits per heavy atom. The number of nitrogens with one attached hydrogen (secondary N) is 1. The molecule has 1 saturated heterocycles. The van der Waals surface area contributed by atoms with Crippen LogP contribution in [0.3, 0.4) is 0 Å². The summed E-state index contributed by atoms with van der Waals surface area (Å²) in [6.45, 7) is 0.591. The molecule has 0 spiro atoms. The highest BCUT2D eigenvalue weighted by Crippen LogP contribution is 2.26. The topological polar surface area (TPSA) is 70.2 Å². The number of rotatable bonds is 4. The highest BCUT2D eigenvalue weighted by Gasteiger charge is 2.34. The molecule has 1 fully saturated rings. The molecule has 6 heteroatoms. The van der Waals surface area contributed by atoms with Crippen molar-refractivity contribution in [2.75, 3.05) is 12.3 Å². The summed E-state index contributed by atoms with van der Waals surface area (Å²) in [4.78, 5) is 18.2. The first kappa shape index (κ1) is 16.8. The minimum absolute atomic E-state index is 0.0366. The van der Waals surface area contributed by atoms with Gasteiger partial charge in [0, 0.05) is 29.7 Å². The van der Waals surface area contributed by atoms with Gasteiger partial charge in [0.05, 0.1) is 16.2 Å². The van der Waals surface area contributed by atoms with Crippen LogP contribution in [0.1, 0.15) is 23.2 Å². The number of aromatic nitrogens is 1. The number of nitrogens with zero attached hydrogens (tertiary/aromatic N) is 1. The van der Waals surface area contributed by atoms with E-state index in [0.29, 0.717) is 23.4 Å². The minimum Gasteiger partial charge on any atom is -0.360 e. The Morgan fingerprint density at radius 1 is 1.08 bits per heavy atom. The Balaban J connectivity index is 1.60. The molecule has 1 amide bonds. The Kier molecular flexibility index (Phi) is 4.28. The molecule has 2 heterocycles. The van der Waals surface area contributed by atoms with E-state index in [2.05, 4.69) is 4.98 Å². The molecule has 1 N–H and O–H groups in total. The zero-order valence-electron chi connectivity index (χ0n) is 14.3. The summed E-state index contributed by atoms with van der Waals surface area (Å²) < 4.78 is 25.4. The van der Waals surface area contributed by atoms with Crippen LogP contribution in [-0.4, -0.2) is 42.5 Å². The monoisotopic (exact) mass is 368 g/mol. The summed E-state index contributed by atoms with van der Waals surface area (Å²) in [6, 6.07) is 15.8. The Hall–Kier alpha value is -2.60. The van der Waals surface area contributed by atoms with Crippen molar-refractivity contribution in [3.05, 3.63) is 66.4 Å². The van der Waals surface area contributed by atoms with E-state index in [0.717, 1.165) is 17.3 Å². The van der Waals surface area contributed by atoms with Crippen molar-refractivity contribution in [2.24, 2.45) is 0 Å². The van der Waals surface area contributed by atoms with Crippen LogP contribution in [0.5, 0.6) is 0 Å². The number of para-hydroxylation sites is 1. The first-order chi connectivity index (χ1) is 12.6. The lowest BCUT2D eigenvalue weighted by Crippen LogP contribution is -2.39. The van der Waals surface area contributed by atoms with Gasteiger partial charge in [0.15, 0.2) is 9.84 Å². The number of carbonyl (C=O) groups excluding carboxylic acids is 1. The molecule has 1 unspecified atom stereocenters. The molecule has 2 aromatic carbocycles. The molecular weight excluding hydrogens is 348 g/mol. The Bertz CT molecular complexity index is 1040. The number of benzene rings is 2. The largest absolute Gasteiger partial charge is 0.360 e. The third kappa shape index (κ3) is 3.01. The average Bonchev–Trinajstić information content (AvgIpc) is 3.28. The van der Waals surface area contributed by atoms with Crippen LogP contribution >= 0.6 is 0 Å². The predicted molar refractivity (Wildman–Crippen MR) is 101 cm³/mol. The number of H-pyrrole nitrogens is 1. The molecule has 0 aliphatic carbocycles. The lowest BCUT2D eigenvalue weighted by molar-refractivity contribution is 0.0751. The molecule has 4 rings (SSSR count). The quantitative estimate of drug-likeness (QED) is 0.768. The Morgan fingerprint density at radius 3 is 2.62 bits per heavy atom. The van der Waals surface area contributed by atoms with Crippen LogP contribution in [0, 0.1) is 0 Å². The fourth-order valence-corrected chi connectivity index (χ4v) is 5.27. The number of hydrogen-bond acceptors (Lipinski definition) is 3. The van der Waals surface area contributed by atoms with Crippen LogP contribution in [0.2, 0.25) is 0 Å². The van der Waals surface area contributed by atoms with Crippen LogP contribution in [0.4, 0.5) is 0 Å². The Labute approximate surface area is 152 Å². The van der Waals surface area contributed by atoms with Gasteiger partial charge in [0.1, 0.15) is 0 Å². The van der Waals surface area contributed by atoms with Crippen molar-refractivity contribution < 1.29 is 13.2 Å². The second-order valence-electron chi connectivity index (χ2n) is 6.64. The van der Waals surface area contributed by atoms with Crippen molar-refractivity contribution in [1.82, 2.24) is 9.88 Å². The SMILES string of the molecule is O=C(c1c[nH]c2ccccc12)N1CCCC1CS(=O)(=O)c1ccccc1. The molecule has 5 nitrogen and oxygen atoms in total. The second kappa shape index (κ2) is 6.61. The summed E-state index contributed by atoms with van der Waals surface area (Å²) >= 11 is 0. The van der Waals surface area contributed by atoms with Crippen molar-refractivity contribution in [2.45, 2.75) is 23.8 Å². The fourth-order valence-electron chi connectivity index (χ4n) is 3.66. The smallest absolute Gasteiger partial charge is 0.256 e. The zero-order valence-corrected chi connectivity index (χ0v) is 15.1. The van der Waals surface area contributed by atoms with E-state index < -0.39 is 9.84 Å². The molecule has 3 aromatic rings. The molecule has 0 radical (unpaired) electrons. The van der Waals surface area contributed by atoms with E-state index in [1.54, 1.807) is 41.4 Å². The zero-order chi connectivity index (χ0) is 18.1. The molecular formula is C20H20N2O3S. The maximum Gasteiger partial charge on any atom is 0.256 e. The number of sulfone groups is 1. The summed E-state index contributed by atoms with van der Waals surface area (Å²) in [5.41, 5.74) is 1.51. The van der Waals surface area contributed by atoms with Gasteiger partial charge in [-0.25, -0.2) is 8.42 Å². The number of aromatic amines is 1. The van der Waals surface area contributed by atoms with Gasteiger partial charge in [-0.3, -0.25) is 4.79 Å². The number of carbonyl (C=O) groups is 1. The molecule has 26 heavy (non-hydrogen) atoms. The molecule has 1 aliphatic heterocycles. The van der Waals surface area contributed by atoms with Gasteiger partial charge in [0.25, 0.3) is 5.91 Å². The van der Waals surface area contributed by atoms with Crippen LogP contribution in [0.15, 0.2) is 65.7 Å². The minimum atomic E-state index is -3.42.